The van der Waals surface area contributed by atoms with Gasteiger partial charge in [0.2, 0.25) is 5.75 Å². The van der Waals surface area contributed by atoms with Gasteiger partial charge in [-0.05, 0) is 37.8 Å². The van der Waals surface area contributed by atoms with E-state index in [0.29, 0.717) is 22.8 Å². The molecule has 0 amide bonds. The molecule has 0 bridgehead atoms. The van der Waals surface area contributed by atoms with Crippen molar-refractivity contribution in [2.45, 2.75) is 43.4 Å². The van der Waals surface area contributed by atoms with E-state index in [1.54, 1.807) is 26.4 Å². The van der Waals surface area contributed by atoms with Crippen LogP contribution < -0.4 is 19.9 Å². The lowest BCUT2D eigenvalue weighted by atomic mass is 9.83. The summed E-state index contributed by atoms with van der Waals surface area (Å²) < 4.78 is 17.0. The molecule has 1 aromatic carbocycles. The number of benzene rings is 1. The van der Waals surface area contributed by atoms with Gasteiger partial charge < -0.3 is 25.1 Å². The summed E-state index contributed by atoms with van der Waals surface area (Å²) in [6, 6.07) is 3.16. The fourth-order valence-electron chi connectivity index (χ4n) is 3.41. The number of aliphatic hydroxyl groups is 1. The Morgan fingerprint density at radius 1 is 1.24 bits per heavy atom. The summed E-state index contributed by atoms with van der Waals surface area (Å²) >= 11 is 0. The maximum atomic E-state index is 10.5. The quantitative estimate of drug-likeness (QED) is 0.875. The van der Waals surface area contributed by atoms with Gasteiger partial charge in [-0.25, -0.2) is 0 Å². The summed E-state index contributed by atoms with van der Waals surface area (Å²) in [4.78, 5) is 0. The first-order valence-corrected chi connectivity index (χ1v) is 7.00. The van der Waals surface area contributed by atoms with Crippen LogP contribution in [0, 0.1) is 0 Å². The Kier molecular flexibility index (Phi) is 4.56. The molecule has 3 N–H and O–H groups in total. The molecule has 1 aliphatic carbocycles. The fourth-order valence-corrected chi connectivity index (χ4v) is 3.41. The van der Waals surface area contributed by atoms with E-state index >= 15 is 0 Å². The maximum Gasteiger partial charge on any atom is 0.203 e. The summed E-state index contributed by atoms with van der Waals surface area (Å²) in [6.45, 7) is 0. The van der Waals surface area contributed by atoms with Crippen LogP contribution in [-0.2, 0) is 0 Å². The molecular weight excluding hydrogens is 294 g/mol. The molecule has 21 heavy (non-hydrogen) atoms. The lowest BCUT2D eigenvalue weighted by Crippen LogP contribution is -2.56. The van der Waals surface area contributed by atoms with E-state index in [1.165, 1.54) is 0 Å². The van der Waals surface area contributed by atoms with E-state index in [1.807, 2.05) is 0 Å². The van der Waals surface area contributed by atoms with Crippen LogP contribution in [0.25, 0.3) is 0 Å². The second-order valence-electron chi connectivity index (χ2n) is 5.56. The molecule has 1 fully saturated rings. The number of fused-ring (bicyclic) bond motifs is 1. The van der Waals surface area contributed by atoms with E-state index in [2.05, 4.69) is 0 Å². The van der Waals surface area contributed by atoms with Crippen LogP contribution in [0.3, 0.4) is 0 Å². The lowest BCUT2D eigenvalue weighted by Gasteiger charge is -2.43. The number of nitrogens with two attached hydrogens (primary N) is 1. The average molecular weight is 316 g/mol. The molecule has 1 spiro atoms. The molecule has 0 radical (unpaired) electrons. The van der Waals surface area contributed by atoms with Gasteiger partial charge in [0.05, 0.1) is 20.3 Å². The van der Waals surface area contributed by atoms with E-state index in [9.17, 15) is 5.11 Å². The van der Waals surface area contributed by atoms with Gasteiger partial charge in [-0.2, -0.15) is 0 Å². The Balaban J connectivity index is 0.00000161. The molecule has 2 aliphatic rings. The van der Waals surface area contributed by atoms with Gasteiger partial charge in [0.25, 0.3) is 0 Å². The number of ether oxygens (including phenoxy) is 3. The number of halogens is 1. The van der Waals surface area contributed by atoms with Gasteiger partial charge in [-0.15, -0.1) is 12.4 Å². The minimum atomic E-state index is -0.739. The van der Waals surface area contributed by atoms with Crippen LogP contribution in [0.2, 0.25) is 0 Å². The Morgan fingerprint density at radius 3 is 2.48 bits per heavy atom. The smallest absolute Gasteiger partial charge is 0.203 e. The molecule has 1 heterocycles. The second kappa shape index (κ2) is 5.91. The lowest BCUT2D eigenvalue weighted by molar-refractivity contribution is -0.0335. The molecule has 1 aromatic rings. The molecule has 2 atom stereocenters. The largest absolute Gasteiger partial charge is 0.493 e. The highest BCUT2D eigenvalue weighted by Gasteiger charge is 2.50. The second-order valence-corrected chi connectivity index (χ2v) is 5.56. The van der Waals surface area contributed by atoms with Crippen molar-refractivity contribution in [3.63, 3.8) is 0 Å². The summed E-state index contributed by atoms with van der Waals surface area (Å²) in [7, 11) is 3.16. The Hall–Kier alpha value is -1.17. The molecule has 1 saturated carbocycles. The van der Waals surface area contributed by atoms with Crippen molar-refractivity contribution in [2.75, 3.05) is 14.2 Å². The maximum absolute atomic E-state index is 10.5. The molecule has 6 heteroatoms. The van der Waals surface area contributed by atoms with Gasteiger partial charge in [-0.3, -0.25) is 0 Å². The van der Waals surface area contributed by atoms with Crippen LogP contribution in [0.15, 0.2) is 12.1 Å². The standard InChI is InChI=1S/C15H21NO4.ClH/c1-18-10-6-5-9-11(17)14(16)15(7-3-4-8-15)20-12(9)13(10)19-2;/h5-6,11,14,17H,3-4,7-8,16H2,1-2H3;1H. The Labute approximate surface area is 130 Å². The van der Waals surface area contributed by atoms with E-state index in [0.717, 1.165) is 25.7 Å². The predicted octanol–water partition coefficient (Wildman–Crippen LogP) is 2.19. The zero-order valence-electron chi connectivity index (χ0n) is 12.3. The van der Waals surface area contributed by atoms with Crippen molar-refractivity contribution in [1.82, 2.24) is 0 Å². The van der Waals surface area contributed by atoms with Gasteiger partial charge >= 0.3 is 0 Å². The number of hydrogen-bond acceptors (Lipinski definition) is 5. The molecule has 118 valence electrons. The minimum Gasteiger partial charge on any atom is -0.493 e. The van der Waals surface area contributed by atoms with Crippen LogP contribution in [0.5, 0.6) is 17.2 Å². The molecule has 2 unspecified atom stereocenters. The third kappa shape index (κ3) is 2.33. The van der Waals surface area contributed by atoms with Crippen LogP contribution in [0.4, 0.5) is 0 Å². The number of aliphatic hydroxyl groups excluding tert-OH is 1. The number of hydrogen-bond donors (Lipinski definition) is 2. The summed E-state index contributed by atoms with van der Waals surface area (Å²) in [5.41, 5.74) is 6.44. The van der Waals surface area contributed by atoms with Crippen molar-refractivity contribution < 1.29 is 19.3 Å². The third-order valence-electron chi connectivity index (χ3n) is 4.55. The SMILES string of the molecule is COc1ccc2c(c1OC)OC1(CCCC1)C(N)C2O.Cl. The van der Waals surface area contributed by atoms with Gasteiger partial charge in [-0.1, -0.05) is 0 Å². The summed E-state index contributed by atoms with van der Waals surface area (Å²) in [5, 5.41) is 10.5. The van der Waals surface area contributed by atoms with Crippen LogP contribution in [0.1, 0.15) is 37.4 Å². The molecule has 1 aliphatic heterocycles. The van der Waals surface area contributed by atoms with Gasteiger partial charge in [0.15, 0.2) is 11.5 Å². The van der Waals surface area contributed by atoms with Crippen molar-refractivity contribution in [2.24, 2.45) is 5.73 Å². The molecule has 0 aromatic heterocycles. The third-order valence-corrected chi connectivity index (χ3v) is 4.55. The Bertz CT molecular complexity index is 517. The number of rotatable bonds is 2. The molecular formula is C15H22ClNO4. The summed E-state index contributed by atoms with van der Waals surface area (Å²) in [5.74, 6) is 1.70. The van der Waals surface area contributed by atoms with Crippen molar-refractivity contribution >= 4 is 12.4 Å². The fraction of sp³-hybridized carbons (Fsp3) is 0.600. The number of methoxy groups -OCH3 is 2. The van der Waals surface area contributed by atoms with Gasteiger partial charge in [0, 0.05) is 5.56 Å². The highest BCUT2D eigenvalue weighted by Crippen LogP contribution is 2.52. The first-order chi connectivity index (χ1) is 9.63. The molecule has 5 nitrogen and oxygen atoms in total. The van der Waals surface area contributed by atoms with E-state index in [-0.39, 0.29) is 12.4 Å². The normalized spacial score (nSPS) is 25.7. The monoisotopic (exact) mass is 315 g/mol. The molecule has 0 saturated heterocycles. The zero-order chi connectivity index (χ0) is 14.3. The van der Waals surface area contributed by atoms with Gasteiger partial charge in [0.1, 0.15) is 11.7 Å². The van der Waals surface area contributed by atoms with Crippen LogP contribution >= 0.6 is 12.4 Å². The Morgan fingerprint density at radius 2 is 1.90 bits per heavy atom. The topological polar surface area (TPSA) is 73.9 Å². The first kappa shape index (κ1) is 16.2. The highest BCUT2D eigenvalue weighted by atomic mass is 35.5. The predicted molar refractivity (Wildman–Crippen MR) is 81.6 cm³/mol. The average Bonchev–Trinajstić information content (AvgIpc) is 2.93. The minimum absolute atomic E-state index is 0. The van der Waals surface area contributed by atoms with E-state index in [4.69, 9.17) is 19.9 Å². The summed E-state index contributed by atoms with van der Waals surface area (Å²) in [6.07, 6.45) is 3.14. The van der Waals surface area contributed by atoms with E-state index < -0.39 is 17.7 Å². The highest BCUT2D eigenvalue weighted by molar-refractivity contribution is 5.85. The zero-order valence-corrected chi connectivity index (χ0v) is 13.1. The van der Waals surface area contributed by atoms with Crippen LogP contribution in [-0.4, -0.2) is 31.0 Å². The van der Waals surface area contributed by atoms with Crippen molar-refractivity contribution in [3.8, 4) is 17.2 Å². The molecule has 3 rings (SSSR count). The van der Waals surface area contributed by atoms with Crippen molar-refractivity contribution in [3.05, 3.63) is 17.7 Å². The van der Waals surface area contributed by atoms with Crippen molar-refractivity contribution in [1.29, 1.82) is 0 Å². The first-order valence-electron chi connectivity index (χ1n) is 7.00.